The first-order chi connectivity index (χ1) is 9.77. The zero-order chi connectivity index (χ0) is 16.0. The van der Waals surface area contributed by atoms with Gasteiger partial charge in [-0.2, -0.15) is 4.31 Å². The molecule has 1 aromatic rings. The highest BCUT2D eigenvalue weighted by molar-refractivity contribution is 9.09. The van der Waals surface area contributed by atoms with Crippen LogP contribution < -0.4 is 5.32 Å². The molecule has 5 nitrogen and oxygen atoms in total. The van der Waals surface area contributed by atoms with Gasteiger partial charge in [-0.15, -0.1) is 0 Å². The number of nitrogens with zero attached hydrogens (tertiary/aromatic N) is 1. The molecule has 0 aliphatic rings. The summed E-state index contributed by atoms with van der Waals surface area (Å²) >= 11 is 3.05. The van der Waals surface area contributed by atoms with E-state index in [4.69, 9.17) is 0 Å². The lowest BCUT2D eigenvalue weighted by Gasteiger charge is -2.21. The van der Waals surface area contributed by atoms with Gasteiger partial charge in [0.25, 0.3) is 6.43 Å². The van der Waals surface area contributed by atoms with E-state index in [9.17, 15) is 22.0 Å². The fourth-order valence-corrected chi connectivity index (χ4v) is 3.70. The molecule has 0 radical (unpaired) electrons. The molecular weight excluding hydrogens is 370 g/mol. The number of benzene rings is 1. The van der Waals surface area contributed by atoms with Gasteiger partial charge in [0, 0.05) is 24.5 Å². The molecule has 0 unspecified atom stereocenters. The Labute approximate surface area is 130 Å². The van der Waals surface area contributed by atoms with E-state index in [0.29, 0.717) is 5.69 Å². The van der Waals surface area contributed by atoms with Crippen LogP contribution in [0.25, 0.3) is 0 Å². The second-order valence-electron chi connectivity index (χ2n) is 4.15. The quantitative estimate of drug-likeness (QED) is 0.733. The summed E-state index contributed by atoms with van der Waals surface area (Å²) in [5, 5.41) is 2.75. The predicted molar refractivity (Wildman–Crippen MR) is 79.3 cm³/mol. The topological polar surface area (TPSA) is 66.5 Å². The lowest BCUT2D eigenvalue weighted by atomic mass is 10.3. The summed E-state index contributed by atoms with van der Waals surface area (Å²) < 4.78 is 50.3. The number of nitrogens with one attached hydrogen (secondary N) is 1. The van der Waals surface area contributed by atoms with Gasteiger partial charge < -0.3 is 5.32 Å². The Bertz CT molecular complexity index is 579. The van der Waals surface area contributed by atoms with Crippen molar-refractivity contribution in [2.24, 2.45) is 0 Å². The second kappa shape index (κ2) is 7.81. The molecule has 0 aromatic heterocycles. The third-order valence-corrected chi connectivity index (χ3v) is 4.72. The average Bonchev–Trinajstić information content (AvgIpc) is 2.37. The molecule has 0 aliphatic carbocycles. The van der Waals surface area contributed by atoms with Gasteiger partial charge in [-0.1, -0.05) is 15.9 Å². The fraction of sp³-hybridized carbons (Fsp3) is 0.417. The van der Waals surface area contributed by atoms with Crippen LogP contribution in [-0.2, 0) is 14.8 Å². The first kappa shape index (κ1) is 18.0. The van der Waals surface area contributed by atoms with Crippen LogP contribution in [0.4, 0.5) is 14.5 Å². The molecule has 0 fully saturated rings. The van der Waals surface area contributed by atoms with Gasteiger partial charge in [-0.25, -0.2) is 17.2 Å². The number of carbonyl (C=O) groups excluding carboxylic acids is 1. The maximum absolute atomic E-state index is 12.5. The molecule has 0 aliphatic heterocycles. The number of carbonyl (C=O) groups is 1. The number of amides is 1. The molecule has 1 aromatic carbocycles. The van der Waals surface area contributed by atoms with Gasteiger partial charge >= 0.3 is 0 Å². The highest BCUT2D eigenvalue weighted by Gasteiger charge is 2.26. The Morgan fingerprint density at radius 3 is 2.33 bits per heavy atom. The molecule has 21 heavy (non-hydrogen) atoms. The number of rotatable bonds is 7. The molecule has 0 heterocycles. The van der Waals surface area contributed by atoms with Crippen LogP contribution in [0, 0.1) is 0 Å². The summed E-state index contributed by atoms with van der Waals surface area (Å²) in [5.74, 6) is -0.288. The summed E-state index contributed by atoms with van der Waals surface area (Å²) in [7, 11) is -3.99. The molecule has 0 atom stereocenters. The standard InChI is InChI=1S/C12H15BrF2N2O3S/c1-9(18)16-10-2-4-11(5-3-10)21(19,20)17(7-6-13)8-12(14)15/h2-5,12H,6-8H2,1H3,(H,16,18). The molecule has 1 N–H and O–H groups in total. The van der Waals surface area contributed by atoms with Gasteiger partial charge in [-0.05, 0) is 24.3 Å². The molecule has 1 rings (SSSR count). The Morgan fingerprint density at radius 1 is 1.33 bits per heavy atom. The van der Waals surface area contributed by atoms with Crippen molar-refractivity contribution in [1.82, 2.24) is 4.31 Å². The van der Waals surface area contributed by atoms with Crippen LogP contribution in [0.2, 0.25) is 0 Å². The van der Waals surface area contributed by atoms with E-state index < -0.39 is 23.0 Å². The zero-order valence-electron chi connectivity index (χ0n) is 11.2. The largest absolute Gasteiger partial charge is 0.326 e. The van der Waals surface area contributed by atoms with E-state index in [1.807, 2.05) is 0 Å². The lowest BCUT2D eigenvalue weighted by Crippen LogP contribution is -2.36. The molecule has 1 amide bonds. The van der Waals surface area contributed by atoms with Crippen molar-refractivity contribution in [3.8, 4) is 0 Å². The monoisotopic (exact) mass is 384 g/mol. The molecular formula is C12H15BrF2N2O3S. The fourth-order valence-electron chi connectivity index (χ4n) is 1.62. The Hall–Kier alpha value is -1.06. The second-order valence-corrected chi connectivity index (χ2v) is 6.88. The van der Waals surface area contributed by atoms with Crippen molar-refractivity contribution >= 4 is 37.5 Å². The third kappa shape index (κ3) is 5.33. The molecule has 0 spiro atoms. The van der Waals surface area contributed by atoms with Crippen molar-refractivity contribution in [3.63, 3.8) is 0 Å². The first-order valence-corrected chi connectivity index (χ1v) is 8.55. The van der Waals surface area contributed by atoms with Crippen molar-refractivity contribution < 1.29 is 22.0 Å². The summed E-state index contributed by atoms with van der Waals surface area (Å²) in [6, 6.07) is 5.35. The normalized spacial score (nSPS) is 11.9. The van der Waals surface area contributed by atoms with Crippen molar-refractivity contribution in [2.45, 2.75) is 18.2 Å². The molecule has 118 valence electrons. The lowest BCUT2D eigenvalue weighted by molar-refractivity contribution is -0.114. The third-order valence-electron chi connectivity index (χ3n) is 2.49. The van der Waals surface area contributed by atoms with Crippen LogP contribution in [0.3, 0.4) is 0 Å². The van der Waals surface area contributed by atoms with E-state index in [-0.39, 0.29) is 22.7 Å². The van der Waals surface area contributed by atoms with Crippen molar-refractivity contribution in [2.75, 3.05) is 23.7 Å². The van der Waals surface area contributed by atoms with Crippen molar-refractivity contribution in [1.29, 1.82) is 0 Å². The smallest absolute Gasteiger partial charge is 0.252 e. The molecule has 0 saturated heterocycles. The van der Waals surface area contributed by atoms with Gasteiger partial charge in [0.05, 0.1) is 11.4 Å². The Morgan fingerprint density at radius 2 is 1.90 bits per heavy atom. The van der Waals surface area contributed by atoms with E-state index in [0.717, 1.165) is 4.31 Å². The maximum atomic E-state index is 12.5. The minimum Gasteiger partial charge on any atom is -0.326 e. The van der Waals surface area contributed by atoms with Crippen molar-refractivity contribution in [3.05, 3.63) is 24.3 Å². The highest BCUT2D eigenvalue weighted by Crippen LogP contribution is 2.19. The first-order valence-electron chi connectivity index (χ1n) is 5.99. The van der Waals surface area contributed by atoms with E-state index in [2.05, 4.69) is 21.2 Å². The Kier molecular flexibility index (Phi) is 6.69. The summed E-state index contributed by atoms with van der Waals surface area (Å²) in [6.45, 7) is 0.409. The van der Waals surface area contributed by atoms with Crippen LogP contribution in [0.1, 0.15) is 6.92 Å². The molecule has 0 bridgehead atoms. The number of halogens is 3. The predicted octanol–water partition coefficient (Wildman–Crippen LogP) is 2.30. The van der Waals surface area contributed by atoms with Crippen LogP contribution in [0.5, 0.6) is 0 Å². The number of anilines is 1. The van der Waals surface area contributed by atoms with Gasteiger partial charge in [-0.3, -0.25) is 4.79 Å². The minimum atomic E-state index is -3.99. The molecule has 9 heteroatoms. The summed E-state index contributed by atoms with van der Waals surface area (Å²) in [6.07, 6.45) is -2.75. The minimum absolute atomic E-state index is 0.0554. The number of hydrogen-bond donors (Lipinski definition) is 1. The van der Waals surface area contributed by atoms with Gasteiger partial charge in [0.1, 0.15) is 0 Å². The SMILES string of the molecule is CC(=O)Nc1ccc(S(=O)(=O)N(CCBr)CC(F)F)cc1. The van der Waals surface area contributed by atoms with Gasteiger partial charge in [0.15, 0.2) is 0 Å². The van der Waals surface area contributed by atoms with E-state index in [1.54, 1.807) is 0 Å². The molecule has 0 saturated carbocycles. The van der Waals surface area contributed by atoms with E-state index >= 15 is 0 Å². The van der Waals surface area contributed by atoms with E-state index in [1.165, 1.54) is 31.2 Å². The number of hydrogen-bond acceptors (Lipinski definition) is 3. The van der Waals surface area contributed by atoms with Gasteiger partial charge in [0.2, 0.25) is 15.9 Å². The maximum Gasteiger partial charge on any atom is 0.252 e. The van der Waals surface area contributed by atoms with Crippen LogP contribution in [0.15, 0.2) is 29.2 Å². The summed E-state index contributed by atoms with van der Waals surface area (Å²) in [4.78, 5) is 10.8. The van der Waals surface area contributed by atoms with Crippen LogP contribution in [-0.4, -0.2) is 43.5 Å². The van der Waals surface area contributed by atoms with Crippen LogP contribution >= 0.6 is 15.9 Å². The Balaban J connectivity index is 3.01. The number of alkyl halides is 3. The summed E-state index contributed by atoms with van der Waals surface area (Å²) in [5.41, 5.74) is 0.433. The average molecular weight is 385 g/mol. The number of sulfonamides is 1. The highest BCUT2D eigenvalue weighted by atomic mass is 79.9. The zero-order valence-corrected chi connectivity index (χ0v) is 13.6.